The van der Waals surface area contributed by atoms with Crippen molar-refractivity contribution in [3.05, 3.63) is 29.3 Å². The summed E-state index contributed by atoms with van der Waals surface area (Å²) in [7, 11) is 0. The highest BCUT2D eigenvalue weighted by atomic mass is 19.4. The van der Waals surface area contributed by atoms with Crippen molar-refractivity contribution in [1.82, 2.24) is 9.80 Å². The second-order valence-corrected chi connectivity index (χ2v) is 10.9. The molecule has 0 saturated carbocycles. The summed E-state index contributed by atoms with van der Waals surface area (Å²) in [6, 6.07) is -0.0318. The van der Waals surface area contributed by atoms with Gasteiger partial charge in [-0.1, -0.05) is 0 Å². The highest BCUT2D eigenvalue weighted by Crippen LogP contribution is 2.37. The van der Waals surface area contributed by atoms with Crippen LogP contribution in [0.3, 0.4) is 0 Å². The molecule has 0 aliphatic carbocycles. The number of rotatable bonds is 4. The third-order valence-corrected chi connectivity index (χ3v) is 6.46. The first-order valence-corrected chi connectivity index (χ1v) is 12.4. The minimum absolute atomic E-state index is 0.0182. The van der Waals surface area contributed by atoms with E-state index in [1.54, 1.807) is 20.8 Å². The summed E-state index contributed by atoms with van der Waals surface area (Å²) in [5, 5.41) is 12.2. The summed E-state index contributed by atoms with van der Waals surface area (Å²) in [6.45, 7) is 5.44. The lowest BCUT2D eigenvalue weighted by Gasteiger charge is -2.35. The lowest BCUT2D eigenvalue weighted by molar-refractivity contribution is -0.143. The van der Waals surface area contributed by atoms with Gasteiger partial charge in [-0.25, -0.2) is 4.79 Å². The molecule has 14 heteroatoms. The van der Waals surface area contributed by atoms with Crippen LogP contribution in [-0.4, -0.2) is 70.2 Å². The highest BCUT2D eigenvalue weighted by Gasteiger charge is 2.43. The number of hydrogen-bond acceptors (Lipinski definition) is 5. The molecule has 218 valence electrons. The largest absolute Gasteiger partial charge is 0.444 e. The number of amides is 3. The van der Waals surface area contributed by atoms with Crippen molar-refractivity contribution in [3.8, 4) is 0 Å². The van der Waals surface area contributed by atoms with Crippen LogP contribution >= 0.6 is 0 Å². The number of piperidine rings is 1. The van der Waals surface area contributed by atoms with Gasteiger partial charge in [-0.2, -0.15) is 26.3 Å². The normalized spacial score (nSPS) is 21.2. The van der Waals surface area contributed by atoms with Crippen molar-refractivity contribution < 1.29 is 50.6 Å². The molecule has 1 aromatic rings. The number of anilines is 1. The third-order valence-electron chi connectivity index (χ3n) is 6.46. The summed E-state index contributed by atoms with van der Waals surface area (Å²) >= 11 is 0. The number of aliphatic hydroxyl groups excluding tert-OH is 1. The number of halogens is 6. The molecule has 0 radical (unpaired) electrons. The molecule has 39 heavy (non-hydrogen) atoms. The fourth-order valence-corrected chi connectivity index (χ4v) is 4.64. The molecule has 2 N–H and O–H groups in total. The number of β-amino-alcohol motifs (C(OH)–C–C–N with tert-alkyl or cyclic N) is 1. The Hall–Kier alpha value is -3.03. The number of nitrogens with one attached hydrogen (secondary N) is 1. The highest BCUT2D eigenvalue weighted by molar-refractivity contribution is 5.91. The predicted octanol–water partition coefficient (Wildman–Crippen LogP) is 4.66. The zero-order chi connectivity index (χ0) is 29.3. The van der Waals surface area contributed by atoms with Crippen LogP contribution in [0.4, 0.5) is 36.8 Å². The van der Waals surface area contributed by atoms with Gasteiger partial charge in [0.2, 0.25) is 11.8 Å². The van der Waals surface area contributed by atoms with Crippen LogP contribution in [0.15, 0.2) is 18.2 Å². The van der Waals surface area contributed by atoms with Gasteiger partial charge in [0.05, 0.1) is 23.8 Å². The molecule has 0 spiro atoms. The molecule has 2 aliphatic rings. The van der Waals surface area contributed by atoms with E-state index in [0.717, 1.165) is 0 Å². The zero-order valence-corrected chi connectivity index (χ0v) is 21.7. The van der Waals surface area contributed by atoms with Gasteiger partial charge >= 0.3 is 18.4 Å². The maximum Gasteiger partial charge on any atom is 0.416 e. The molecular weight excluding hydrogens is 536 g/mol. The van der Waals surface area contributed by atoms with E-state index in [1.807, 2.05) is 0 Å². The number of carbonyl (C=O) groups excluding carboxylic acids is 3. The molecule has 3 amide bonds. The van der Waals surface area contributed by atoms with Crippen LogP contribution in [-0.2, 0) is 26.7 Å². The quantitative estimate of drug-likeness (QED) is 0.516. The van der Waals surface area contributed by atoms with Gasteiger partial charge in [0.15, 0.2) is 0 Å². The van der Waals surface area contributed by atoms with Gasteiger partial charge in [0, 0.05) is 31.6 Å². The lowest BCUT2D eigenvalue weighted by atomic mass is 9.92. The van der Waals surface area contributed by atoms with Crippen LogP contribution in [0.5, 0.6) is 0 Å². The van der Waals surface area contributed by atoms with Crippen LogP contribution in [0.25, 0.3) is 0 Å². The first-order valence-electron chi connectivity index (χ1n) is 12.4. The summed E-state index contributed by atoms with van der Waals surface area (Å²) in [6.07, 6.45) is -11.1. The Balaban J connectivity index is 1.58. The minimum atomic E-state index is -5.03. The third kappa shape index (κ3) is 8.23. The van der Waals surface area contributed by atoms with Gasteiger partial charge in [-0.15, -0.1) is 0 Å². The van der Waals surface area contributed by atoms with Gasteiger partial charge in [0.25, 0.3) is 0 Å². The maximum atomic E-state index is 13.1. The summed E-state index contributed by atoms with van der Waals surface area (Å²) in [4.78, 5) is 40.8. The second kappa shape index (κ2) is 11.2. The Labute approximate surface area is 221 Å². The fraction of sp³-hybridized carbons (Fsp3) is 0.640. The van der Waals surface area contributed by atoms with Gasteiger partial charge in [0.1, 0.15) is 11.6 Å². The van der Waals surface area contributed by atoms with Crippen molar-refractivity contribution in [3.63, 3.8) is 0 Å². The van der Waals surface area contributed by atoms with Crippen molar-refractivity contribution >= 4 is 23.6 Å². The van der Waals surface area contributed by atoms with E-state index >= 15 is 0 Å². The van der Waals surface area contributed by atoms with Crippen molar-refractivity contribution in [2.45, 2.75) is 76.6 Å². The van der Waals surface area contributed by atoms with E-state index in [1.165, 1.54) is 9.80 Å². The summed E-state index contributed by atoms with van der Waals surface area (Å²) < 4.78 is 83.7. The van der Waals surface area contributed by atoms with E-state index in [4.69, 9.17) is 4.74 Å². The van der Waals surface area contributed by atoms with Crippen molar-refractivity contribution in [2.75, 3.05) is 25.0 Å². The molecule has 2 atom stereocenters. The summed E-state index contributed by atoms with van der Waals surface area (Å²) in [5.41, 5.74) is -4.47. The molecule has 2 saturated heterocycles. The van der Waals surface area contributed by atoms with Crippen LogP contribution in [0.2, 0.25) is 0 Å². The van der Waals surface area contributed by atoms with E-state index in [-0.39, 0.29) is 50.4 Å². The first kappa shape index (κ1) is 30.5. The number of nitrogens with zero attached hydrogens (tertiary/aromatic N) is 2. The van der Waals surface area contributed by atoms with Crippen LogP contribution in [0.1, 0.15) is 57.6 Å². The molecule has 0 aromatic heterocycles. The number of benzene rings is 1. The van der Waals surface area contributed by atoms with Crippen molar-refractivity contribution in [2.24, 2.45) is 5.92 Å². The van der Waals surface area contributed by atoms with Gasteiger partial charge in [-0.3, -0.25) is 14.5 Å². The monoisotopic (exact) mass is 567 g/mol. The Morgan fingerprint density at radius 2 is 1.51 bits per heavy atom. The number of ether oxygens (including phenoxy) is 1. The number of carbonyl (C=O) groups is 3. The molecular formula is C25H31F6N3O5. The molecule has 1 aromatic carbocycles. The van der Waals surface area contributed by atoms with Gasteiger partial charge < -0.3 is 20.1 Å². The standard InChI is InChI=1S/C25H31F6N3O5/c1-23(2,3)39-22(38)34-13-18(35)12-19(34)21(37)33-6-4-14(5-7-33)8-20(36)32-17-10-15(24(26,27)28)9-16(11-17)25(29,30)31/h9-11,14,18-19,35H,4-8,12-13H2,1-3H3,(H,32,36)/t18-,19+/m1/s1. The second-order valence-electron chi connectivity index (χ2n) is 10.9. The van der Waals surface area contributed by atoms with Crippen LogP contribution in [0, 0.1) is 5.92 Å². The van der Waals surface area contributed by atoms with E-state index in [2.05, 4.69) is 5.32 Å². The molecule has 8 nitrogen and oxygen atoms in total. The zero-order valence-electron chi connectivity index (χ0n) is 21.7. The van der Waals surface area contributed by atoms with Crippen LogP contribution < -0.4 is 5.32 Å². The Bertz CT molecular complexity index is 1050. The number of aliphatic hydroxyl groups is 1. The smallest absolute Gasteiger partial charge is 0.416 e. The summed E-state index contributed by atoms with van der Waals surface area (Å²) in [5.74, 6) is -1.38. The first-order chi connectivity index (χ1) is 17.8. The Kier molecular flexibility index (Phi) is 8.78. The average Bonchev–Trinajstić information content (AvgIpc) is 3.18. The van der Waals surface area contributed by atoms with Crippen molar-refractivity contribution in [1.29, 1.82) is 0 Å². The van der Waals surface area contributed by atoms with Gasteiger partial charge in [-0.05, 0) is 57.7 Å². The van der Waals surface area contributed by atoms with E-state index < -0.39 is 58.9 Å². The van der Waals surface area contributed by atoms with E-state index in [9.17, 15) is 45.8 Å². The lowest BCUT2D eigenvalue weighted by Crippen LogP contribution is -2.51. The number of likely N-dealkylation sites (tertiary alicyclic amines) is 2. The molecule has 0 unspecified atom stereocenters. The fourth-order valence-electron chi connectivity index (χ4n) is 4.64. The number of alkyl halides is 6. The maximum absolute atomic E-state index is 13.1. The minimum Gasteiger partial charge on any atom is -0.444 e. The average molecular weight is 568 g/mol. The molecule has 2 heterocycles. The number of hydrogen-bond donors (Lipinski definition) is 2. The molecule has 3 rings (SSSR count). The Morgan fingerprint density at radius 1 is 0.974 bits per heavy atom. The Morgan fingerprint density at radius 3 is 2.00 bits per heavy atom. The molecule has 2 aliphatic heterocycles. The SMILES string of the molecule is CC(C)(C)OC(=O)N1C[C@H](O)C[C@H]1C(=O)N1CCC(CC(=O)Nc2cc(C(F)(F)F)cc(C(F)(F)F)c2)CC1. The molecule has 0 bridgehead atoms. The van der Waals surface area contributed by atoms with E-state index in [0.29, 0.717) is 25.0 Å². The topological polar surface area (TPSA) is 99.2 Å². The molecule has 2 fully saturated rings. The predicted molar refractivity (Wildman–Crippen MR) is 126 cm³/mol.